The minimum absolute atomic E-state index is 0.146. The molecule has 2 amide bonds. The third kappa shape index (κ3) is 3.95. The first-order chi connectivity index (χ1) is 12.8. The summed E-state index contributed by atoms with van der Waals surface area (Å²) in [5.41, 5.74) is 7.46. The van der Waals surface area contributed by atoms with Crippen molar-refractivity contribution in [3.05, 3.63) is 51.3 Å². The Hall–Kier alpha value is -2.09. The second-order valence-corrected chi connectivity index (χ2v) is 7.35. The van der Waals surface area contributed by atoms with Crippen LogP contribution in [0.15, 0.2) is 24.3 Å². The molecular formula is C18H21Cl2N5O2. The van der Waals surface area contributed by atoms with E-state index in [-0.39, 0.29) is 5.91 Å². The standard InChI is InChI=1S/C18H21Cl2N5O2/c1-11-14(16(20)23(2)22-11)18(27)25-9-7-24(8-10-25)15(17(21)26)12-3-5-13(19)6-4-12/h3-6,15H,7-10H2,1-2H3,(H2,21,26)/t15-/m1/s1. The summed E-state index contributed by atoms with van der Waals surface area (Å²) in [7, 11) is 1.70. The van der Waals surface area contributed by atoms with Gasteiger partial charge in [0.25, 0.3) is 5.91 Å². The number of amides is 2. The Morgan fingerprint density at radius 2 is 1.70 bits per heavy atom. The number of carbonyl (C=O) groups excluding carboxylic acids is 2. The third-order valence-corrected chi connectivity index (χ3v) is 5.47. The molecule has 7 nitrogen and oxygen atoms in total. The molecule has 0 radical (unpaired) electrons. The lowest BCUT2D eigenvalue weighted by atomic mass is 10.0. The van der Waals surface area contributed by atoms with Gasteiger partial charge < -0.3 is 10.6 Å². The van der Waals surface area contributed by atoms with E-state index in [1.165, 1.54) is 4.68 Å². The molecule has 0 bridgehead atoms. The van der Waals surface area contributed by atoms with Crippen molar-refractivity contribution in [1.82, 2.24) is 19.6 Å². The number of benzene rings is 1. The molecule has 1 saturated heterocycles. The Kier molecular flexibility index (Phi) is 5.74. The highest BCUT2D eigenvalue weighted by Gasteiger charge is 2.32. The van der Waals surface area contributed by atoms with Crippen molar-refractivity contribution >= 4 is 35.0 Å². The molecule has 2 N–H and O–H groups in total. The van der Waals surface area contributed by atoms with Crippen molar-refractivity contribution in [2.24, 2.45) is 12.8 Å². The molecule has 9 heteroatoms. The van der Waals surface area contributed by atoms with Gasteiger partial charge in [-0.15, -0.1) is 0 Å². The molecule has 0 aliphatic carbocycles. The van der Waals surface area contributed by atoms with Crippen molar-refractivity contribution in [3.8, 4) is 0 Å². The van der Waals surface area contributed by atoms with E-state index in [1.807, 2.05) is 4.90 Å². The molecule has 2 heterocycles. The topological polar surface area (TPSA) is 84.5 Å². The lowest BCUT2D eigenvalue weighted by Gasteiger charge is -2.38. The Labute approximate surface area is 167 Å². The van der Waals surface area contributed by atoms with Crippen LogP contribution in [0.5, 0.6) is 0 Å². The maximum absolute atomic E-state index is 12.8. The van der Waals surface area contributed by atoms with Gasteiger partial charge in [0.1, 0.15) is 11.2 Å². The highest BCUT2D eigenvalue weighted by atomic mass is 35.5. The molecular weight excluding hydrogens is 389 g/mol. The van der Waals surface area contributed by atoms with Crippen LogP contribution in [-0.2, 0) is 11.8 Å². The molecule has 0 spiro atoms. The molecule has 1 aliphatic heterocycles. The van der Waals surface area contributed by atoms with E-state index in [2.05, 4.69) is 5.10 Å². The van der Waals surface area contributed by atoms with Crippen molar-refractivity contribution in [1.29, 1.82) is 0 Å². The van der Waals surface area contributed by atoms with Crippen molar-refractivity contribution in [3.63, 3.8) is 0 Å². The fourth-order valence-corrected chi connectivity index (χ4v) is 3.80. The average molecular weight is 410 g/mol. The Morgan fingerprint density at radius 1 is 1.11 bits per heavy atom. The number of hydrogen-bond acceptors (Lipinski definition) is 4. The van der Waals surface area contributed by atoms with Gasteiger partial charge in [0.05, 0.1) is 11.3 Å². The van der Waals surface area contributed by atoms with Crippen molar-refractivity contribution < 1.29 is 9.59 Å². The third-order valence-electron chi connectivity index (χ3n) is 4.79. The second kappa shape index (κ2) is 7.88. The number of piperazine rings is 1. The Morgan fingerprint density at radius 3 is 2.19 bits per heavy atom. The summed E-state index contributed by atoms with van der Waals surface area (Å²) in [4.78, 5) is 28.6. The molecule has 0 unspecified atom stereocenters. The van der Waals surface area contributed by atoms with Crippen LogP contribution in [0.2, 0.25) is 10.2 Å². The van der Waals surface area contributed by atoms with E-state index in [4.69, 9.17) is 28.9 Å². The van der Waals surface area contributed by atoms with E-state index in [0.29, 0.717) is 47.6 Å². The minimum Gasteiger partial charge on any atom is -0.368 e. The summed E-state index contributed by atoms with van der Waals surface area (Å²) in [5, 5.41) is 5.12. The number of aromatic nitrogens is 2. The number of primary amides is 1. The molecule has 1 atom stereocenters. The van der Waals surface area contributed by atoms with Crippen LogP contribution < -0.4 is 5.73 Å². The summed E-state index contributed by atoms with van der Waals surface area (Å²) < 4.78 is 1.49. The van der Waals surface area contributed by atoms with Gasteiger partial charge in [-0.2, -0.15) is 5.10 Å². The maximum Gasteiger partial charge on any atom is 0.258 e. The van der Waals surface area contributed by atoms with E-state index < -0.39 is 11.9 Å². The van der Waals surface area contributed by atoms with Gasteiger partial charge in [-0.25, -0.2) is 0 Å². The monoisotopic (exact) mass is 409 g/mol. The molecule has 1 aromatic heterocycles. The minimum atomic E-state index is -0.553. The zero-order valence-corrected chi connectivity index (χ0v) is 16.7. The van der Waals surface area contributed by atoms with Gasteiger partial charge in [-0.05, 0) is 24.6 Å². The highest BCUT2D eigenvalue weighted by molar-refractivity contribution is 6.33. The molecule has 1 aromatic carbocycles. The lowest BCUT2D eigenvalue weighted by molar-refractivity contribution is -0.124. The van der Waals surface area contributed by atoms with Crippen molar-refractivity contribution in [2.75, 3.05) is 26.2 Å². The van der Waals surface area contributed by atoms with Gasteiger partial charge in [-0.1, -0.05) is 35.3 Å². The van der Waals surface area contributed by atoms with Gasteiger partial charge >= 0.3 is 0 Å². The van der Waals surface area contributed by atoms with Crippen LogP contribution in [0.3, 0.4) is 0 Å². The predicted molar refractivity (Wildman–Crippen MR) is 104 cm³/mol. The lowest BCUT2D eigenvalue weighted by Crippen LogP contribution is -2.52. The zero-order valence-electron chi connectivity index (χ0n) is 15.2. The summed E-state index contributed by atoms with van der Waals surface area (Å²) in [5.74, 6) is -0.574. The quantitative estimate of drug-likeness (QED) is 0.836. The van der Waals surface area contributed by atoms with Crippen molar-refractivity contribution in [2.45, 2.75) is 13.0 Å². The molecule has 2 aromatic rings. The van der Waals surface area contributed by atoms with E-state index in [9.17, 15) is 9.59 Å². The molecule has 1 fully saturated rings. The SMILES string of the molecule is Cc1nn(C)c(Cl)c1C(=O)N1CCN([C@@H](C(N)=O)c2ccc(Cl)cc2)CC1. The smallest absolute Gasteiger partial charge is 0.258 e. The highest BCUT2D eigenvalue weighted by Crippen LogP contribution is 2.25. The Bertz CT molecular complexity index is 857. The fraction of sp³-hybridized carbons (Fsp3) is 0.389. The molecule has 1 aliphatic rings. The number of nitrogens with two attached hydrogens (primary N) is 1. The van der Waals surface area contributed by atoms with E-state index in [1.54, 1.807) is 43.1 Å². The molecule has 3 rings (SSSR count). The first-order valence-corrected chi connectivity index (χ1v) is 9.32. The maximum atomic E-state index is 12.8. The fourth-order valence-electron chi connectivity index (χ4n) is 3.41. The predicted octanol–water partition coefficient (Wildman–Crippen LogP) is 2.02. The van der Waals surface area contributed by atoms with Crippen LogP contribution >= 0.6 is 23.2 Å². The van der Waals surface area contributed by atoms with E-state index in [0.717, 1.165) is 5.56 Å². The van der Waals surface area contributed by atoms with Gasteiger partial charge in [0, 0.05) is 38.2 Å². The number of nitrogens with zero attached hydrogens (tertiary/aromatic N) is 4. The van der Waals surface area contributed by atoms with Crippen LogP contribution in [0, 0.1) is 6.92 Å². The van der Waals surface area contributed by atoms with Gasteiger partial charge in [0.2, 0.25) is 5.91 Å². The molecule has 0 saturated carbocycles. The van der Waals surface area contributed by atoms with Gasteiger partial charge in [0.15, 0.2) is 0 Å². The first kappa shape index (κ1) is 19.7. The normalized spacial score (nSPS) is 16.4. The molecule has 144 valence electrons. The number of aryl methyl sites for hydroxylation is 2. The van der Waals surface area contributed by atoms with Crippen LogP contribution in [0.4, 0.5) is 0 Å². The number of halogens is 2. The summed E-state index contributed by atoms with van der Waals surface area (Å²) in [6.07, 6.45) is 0. The summed E-state index contributed by atoms with van der Waals surface area (Å²) in [6, 6.07) is 6.52. The molecule has 27 heavy (non-hydrogen) atoms. The number of rotatable bonds is 4. The Balaban J connectivity index is 1.72. The summed E-state index contributed by atoms with van der Waals surface area (Å²) >= 11 is 12.1. The van der Waals surface area contributed by atoms with Crippen LogP contribution in [-0.4, -0.2) is 57.6 Å². The van der Waals surface area contributed by atoms with Crippen LogP contribution in [0.25, 0.3) is 0 Å². The van der Waals surface area contributed by atoms with Gasteiger partial charge in [-0.3, -0.25) is 19.2 Å². The number of hydrogen-bond donors (Lipinski definition) is 1. The largest absolute Gasteiger partial charge is 0.368 e. The second-order valence-electron chi connectivity index (χ2n) is 6.56. The van der Waals surface area contributed by atoms with Crippen LogP contribution in [0.1, 0.15) is 27.7 Å². The zero-order chi connectivity index (χ0) is 19.7. The number of carbonyl (C=O) groups is 2. The van der Waals surface area contributed by atoms with E-state index >= 15 is 0 Å². The first-order valence-electron chi connectivity index (χ1n) is 8.56. The summed E-state index contributed by atoms with van der Waals surface area (Å²) in [6.45, 7) is 3.76. The average Bonchev–Trinajstić information content (AvgIpc) is 2.89.